The van der Waals surface area contributed by atoms with Crippen molar-refractivity contribution in [2.75, 3.05) is 0 Å². The Morgan fingerprint density at radius 1 is 0.833 bits per heavy atom. The van der Waals surface area contributed by atoms with Gasteiger partial charge in [-0.05, 0) is 35.9 Å². The zero-order chi connectivity index (χ0) is 28.7. The fourth-order valence-corrected chi connectivity index (χ4v) is 5.61. The standard InChI is InChI=1S/C34H26N4O4/c39-31-28-16-15-26(42-20-24-18-30(22-9-3-1-4-10-22)35-29-14-8-7-13-27(24)29)17-23(28)19-38(31)21-34(25-11-5-2-6-12-25)32(40)36-33(41)37-34/h1-19,39H,20-21H2,(H2,36,37,40,41). The SMILES string of the molecule is O=C1NC(=O)C(Cn2cc3cc(OCc4cc(-c5ccccc5)nc5ccccc45)ccc3c2O)(c2ccccc2)N1. The molecule has 4 aromatic carbocycles. The summed E-state index contributed by atoms with van der Waals surface area (Å²) in [5.41, 5.74) is 3.07. The van der Waals surface area contributed by atoms with Crippen molar-refractivity contribution in [2.45, 2.75) is 18.7 Å². The van der Waals surface area contributed by atoms with Gasteiger partial charge < -0.3 is 19.7 Å². The van der Waals surface area contributed by atoms with Crippen LogP contribution in [0.15, 0.2) is 115 Å². The van der Waals surface area contributed by atoms with Crippen LogP contribution < -0.4 is 15.4 Å². The van der Waals surface area contributed by atoms with Gasteiger partial charge in [-0.3, -0.25) is 10.1 Å². The van der Waals surface area contributed by atoms with Gasteiger partial charge in [-0.2, -0.15) is 0 Å². The van der Waals surface area contributed by atoms with E-state index < -0.39 is 17.5 Å². The molecular weight excluding hydrogens is 528 g/mol. The maximum Gasteiger partial charge on any atom is 0.322 e. The maximum absolute atomic E-state index is 13.0. The molecule has 1 unspecified atom stereocenters. The molecule has 6 aromatic rings. The molecule has 0 bridgehead atoms. The molecule has 1 saturated heterocycles. The number of ether oxygens (including phenoxy) is 1. The quantitative estimate of drug-likeness (QED) is 0.214. The first-order chi connectivity index (χ1) is 20.5. The normalized spacial score (nSPS) is 16.5. The van der Waals surface area contributed by atoms with Crippen molar-refractivity contribution in [2.24, 2.45) is 0 Å². The topological polar surface area (TPSA) is 105 Å². The summed E-state index contributed by atoms with van der Waals surface area (Å²) in [6.07, 6.45) is 1.76. The molecule has 7 rings (SSSR count). The van der Waals surface area contributed by atoms with Gasteiger partial charge in [0.1, 0.15) is 12.4 Å². The van der Waals surface area contributed by atoms with Crippen molar-refractivity contribution in [3.05, 3.63) is 127 Å². The van der Waals surface area contributed by atoms with Crippen LogP contribution in [0.4, 0.5) is 4.79 Å². The molecule has 3 N–H and O–H groups in total. The molecule has 1 aliphatic rings. The van der Waals surface area contributed by atoms with Gasteiger partial charge in [-0.25, -0.2) is 9.78 Å². The van der Waals surface area contributed by atoms with Gasteiger partial charge in [0, 0.05) is 33.5 Å². The van der Waals surface area contributed by atoms with Crippen molar-refractivity contribution < 1.29 is 19.4 Å². The summed E-state index contributed by atoms with van der Waals surface area (Å²) in [5, 5.41) is 18.6. The first-order valence-electron chi connectivity index (χ1n) is 13.6. The number of urea groups is 1. The van der Waals surface area contributed by atoms with Gasteiger partial charge in [0.2, 0.25) is 0 Å². The number of rotatable bonds is 7. The number of imide groups is 1. The van der Waals surface area contributed by atoms with Gasteiger partial charge in [-0.15, -0.1) is 0 Å². The number of para-hydroxylation sites is 1. The maximum atomic E-state index is 13.0. The summed E-state index contributed by atoms with van der Waals surface area (Å²) in [7, 11) is 0. The summed E-state index contributed by atoms with van der Waals surface area (Å²) in [5.74, 6) is 0.152. The van der Waals surface area contributed by atoms with E-state index in [1.165, 1.54) is 0 Å². The molecule has 1 aliphatic heterocycles. The highest BCUT2D eigenvalue weighted by molar-refractivity contribution is 6.07. The Labute approximate surface area is 241 Å². The van der Waals surface area contributed by atoms with Crippen molar-refractivity contribution >= 4 is 33.6 Å². The monoisotopic (exact) mass is 554 g/mol. The Kier molecular flexibility index (Phi) is 6.09. The number of hydrogen-bond donors (Lipinski definition) is 3. The van der Waals surface area contributed by atoms with E-state index in [2.05, 4.69) is 16.7 Å². The highest BCUT2D eigenvalue weighted by atomic mass is 16.5. The number of nitrogens with zero attached hydrogens (tertiary/aromatic N) is 2. The third kappa shape index (κ3) is 4.39. The van der Waals surface area contributed by atoms with Crippen LogP contribution in [0.5, 0.6) is 11.6 Å². The van der Waals surface area contributed by atoms with Crippen LogP contribution in [0.3, 0.4) is 0 Å². The largest absolute Gasteiger partial charge is 0.494 e. The second-order valence-corrected chi connectivity index (χ2v) is 10.3. The van der Waals surface area contributed by atoms with Crippen LogP contribution in [0.1, 0.15) is 11.1 Å². The van der Waals surface area contributed by atoms with Crippen molar-refractivity contribution in [1.82, 2.24) is 20.2 Å². The van der Waals surface area contributed by atoms with Crippen molar-refractivity contribution in [3.8, 4) is 22.9 Å². The van der Waals surface area contributed by atoms with Crippen LogP contribution in [-0.4, -0.2) is 26.6 Å². The van der Waals surface area contributed by atoms with Crippen LogP contribution in [0, 0.1) is 0 Å². The van der Waals surface area contributed by atoms with Gasteiger partial charge in [0.15, 0.2) is 11.4 Å². The van der Waals surface area contributed by atoms with Gasteiger partial charge in [0.05, 0.1) is 17.8 Å². The van der Waals surface area contributed by atoms with E-state index in [1.807, 2.05) is 72.8 Å². The molecule has 0 radical (unpaired) electrons. The number of nitrogens with one attached hydrogen (secondary N) is 2. The Hall–Kier alpha value is -5.63. The summed E-state index contributed by atoms with van der Waals surface area (Å²) < 4.78 is 7.84. The number of aromatic hydroxyl groups is 1. The molecule has 0 saturated carbocycles. The number of hydrogen-bond acceptors (Lipinski definition) is 5. The molecule has 8 nitrogen and oxygen atoms in total. The third-order valence-electron chi connectivity index (χ3n) is 7.71. The van der Waals surface area contributed by atoms with E-state index in [-0.39, 0.29) is 12.4 Å². The first-order valence-corrected chi connectivity index (χ1v) is 13.6. The van der Waals surface area contributed by atoms with E-state index in [1.54, 1.807) is 41.1 Å². The molecular formula is C34H26N4O4. The lowest BCUT2D eigenvalue weighted by Gasteiger charge is -2.27. The first kappa shape index (κ1) is 25.3. The Morgan fingerprint density at radius 2 is 1.57 bits per heavy atom. The lowest BCUT2D eigenvalue weighted by Crippen LogP contribution is -2.47. The predicted octanol–water partition coefficient (Wildman–Crippen LogP) is 5.88. The summed E-state index contributed by atoms with van der Waals surface area (Å²) in [6, 6.07) is 34.0. The number of fused-ring (bicyclic) bond motifs is 2. The zero-order valence-electron chi connectivity index (χ0n) is 22.5. The molecule has 8 heteroatoms. The van der Waals surface area contributed by atoms with Gasteiger partial charge >= 0.3 is 6.03 Å². The van der Waals surface area contributed by atoms with Crippen molar-refractivity contribution in [3.63, 3.8) is 0 Å². The lowest BCUT2D eigenvalue weighted by molar-refractivity contribution is -0.124. The second kappa shape index (κ2) is 10.1. The van der Waals surface area contributed by atoms with E-state index in [0.29, 0.717) is 23.3 Å². The number of amides is 3. The highest BCUT2D eigenvalue weighted by Crippen LogP contribution is 2.35. The van der Waals surface area contributed by atoms with Crippen LogP contribution in [0.2, 0.25) is 0 Å². The van der Waals surface area contributed by atoms with Crippen LogP contribution in [-0.2, 0) is 23.5 Å². The molecule has 3 heterocycles. The molecule has 1 fully saturated rings. The smallest absolute Gasteiger partial charge is 0.322 e. The minimum atomic E-state index is -1.36. The minimum Gasteiger partial charge on any atom is -0.494 e. The van der Waals surface area contributed by atoms with Gasteiger partial charge in [0.25, 0.3) is 5.91 Å². The molecule has 2 aromatic heterocycles. The summed E-state index contributed by atoms with van der Waals surface area (Å²) in [6.45, 7) is 0.334. The van der Waals surface area contributed by atoms with E-state index in [0.717, 1.165) is 33.1 Å². The molecule has 0 aliphatic carbocycles. The van der Waals surface area contributed by atoms with E-state index in [9.17, 15) is 14.7 Å². The summed E-state index contributed by atoms with van der Waals surface area (Å²) >= 11 is 0. The third-order valence-corrected chi connectivity index (χ3v) is 7.71. The Bertz CT molecular complexity index is 1970. The lowest BCUT2D eigenvalue weighted by atomic mass is 9.90. The second-order valence-electron chi connectivity index (χ2n) is 10.3. The van der Waals surface area contributed by atoms with Crippen molar-refractivity contribution in [1.29, 1.82) is 0 Å². The average Bonchev–Trinajstić information content (AvgIpc) is 3.50. The fraction of sp³-hybridized carbons (Fsp3) is 0.0882. The number of carbonyl (C=O) groups is 2. The molecule has 206 valence electrons. The fourth-order valence-electron chi connectivity index (χ4n) is 5.61. The predicted molar refractivity (Wildman–Crippen MR) is 160 cm³/mol. The van der Waals surface area contributed by atoms with E-state index >= 15 is 0 Å². The number of benzene rings is 4. The molecule has 0 spiro atoms. The van der Waals surface area contributed by atoms with Crippen LogP contribution in [0.25, 0.3) is 32.9 Å². The van der Waals surface area contributed by atoms with E-state index in [4.69, 9.17) is 9.72 Å². The average molecular weight is 555 g/mol. The minimum absolute atomic E-state index is 0.00608. The van der Waals surface area contributed by atoms with Gasteiger partial charge in [-0.1, -0.05) is 78.9 Å². The Balaban J connectivity index is 1.19. The molecule has 1 atom stereocenters. The zero-order valence-corrected chi connectivity index (χ0v) is 22.5. The molecule has 42 heavy (non-hydrogen) atoms. The summed E-state index contributed by atoms with van der Waals surface area (Å²) in [4.78, 5) is 30.0. The van der Waals surface area contributed by atoms with Crippen LogP contribution >= 0.6 is 0 Å². The molecule has 3 amide bonds. The number of carbonyl (C=O) groups excluding carboxylic acids is 2. The highest BCUT2D eigenvalue weighted by Gasteiger charge is 2.48. The Morgan fingerprint density at radius 3 is 2.33 bits per heavy atom. The number of pyridine rings is 1. The number of aromatic nitrogens is 2.